The van der Waals surface area contributed by atoms with E-state index in [0.29, 0.717) is 17.6 Å². The van der Waals surface area contributed by atoms with Crippen LogP contribution in [0.4, 0.5) is 8.78 Å². The van der Waals surface area contributed by atoms with Gasteiger partial charge >= 0.3 is 0 Å². The molecule has 0 amide bonds. The minimum atomic E-state index is -2.49. The first-order chi connectivity index (χ1) is 7.53. The number of halogens is 2. The Balaban J connectivity index is 2.17. The topological polar surface area (TPSA) is 33.6 Å². The van der Waals surface area contributed by atoms with Crippen molar-refractivity contribution in [3.63, 3.8) is 0 Å². The van der Waals surface area contributed by atoms with Crippen molar-refractivity contribution in [3.05, 3.63) is 10.6 Å². The smallest absolute Gasteiger partial charge is 0.248 e. The Kier molecular flexibility index (Phi) is 3.10. The summed E-state index contributed by atoms with van der Waals surface area (Å²) in [6, 6.07) is 0. The molecule has 0 aromatic carbocycles. The summed E-state index contributed by atoms with van der Waals surface area (Å²) in [4.78, 5) is 0. The number of alkyl halides is 2. The fraction of sp³-hybridized carbons (Fsp3) is 0.800. The highest BCUT2D eigenvalue weighted by Gasteiger charge is 2.36. The van der Waals surface area contributed by atoms with Crippen LogP contribution in [0.15, 0.2) is 0 Å². The predicted octanol–water partition coefficient (Wildman–Crippen LogP) is 3.25. The second-order valence-electron chi connectivity index (χ2n) is 4.26. The molecule has 0 radical (unpaired) electrons. The van der Waals surface area contributed by atoms with E-state index < -0.39 is 5.92 Å². The number of aromatic nitrogens is 3. The zero-order valence-corrected chi connectivity index (χ0v) is 9.99. The second-order valence-corrected chi connectivity index (χ2v) is 4.65. The maximum absolute atomic E-state index is 13.0. The van der Waals surface area contributed by atoms with Crippen LogP contribution in [0, 0.1) is 4.77 Å². The summed E-state index contributed by atoms with van der Waals surface area (Å²) in [5.74, 6) is -1.53. The van der Waals surface area contributed by atoms with Gasteiger partial charge in [0.1, 0.15) is 5.82 Å². The third-order valence-electron chi connectivity index (χ3n) is 3.19. The molecule has 0 bridgehead atoms. The Hall–Kier alpha value is -0.780. The third kappa shape index (κ3) is 2.16. The van der Waals surface area contributed by atoms with Crippen molar-refractivity contribution in [2.45, 2.75) is 51.0 Å². The lowest BCUT2D eigenvalue weighted by atomic mass is 9.86. The molecule has 0 aliphatic heterocycles. The van der Waals surface area contributed by atoms with E-state index in [1.165, 1.54) is 0 Å². The van der Waals surface area contributed by atoms with Crippen molar-refractivity contribution < 1.29 is 8.78 Å². The molecule has 3 nitrogen and oxygen atoms in total. The molecule has 0 saturated heterocycles. The number of rotatable bonds is 2. The van der Waals surface area contributed by atoms with Crippen molar-refractivity contribution in [1.29, 1.82) is 0 Å². The Morgan fingerprint density at radius 3 is 2.69 bits per heavy atom. The highest BCUT2D eigenvalue weighted by Crippen LogP contribution is 2.40. The number of aromatic amines is 1. The van der Waals surface area contributed by atoms with Crippen LogP contribution in [-0.2, 0) is 6.54 Å². The van der Waals surface area contributed by atoms with Crippen LogP contribution >= 0.6 is 12.2 Å². The number of nitrogens with one attached hydrogen (secondary N) is 1. The summed E-state index contributed by atoms with van der Waals surface area (Å²) in [6.07, 6.45) is 0.904. The highest BCUT2D eigenvalue weighted by molar-refractivity contribution is 7.71. The molecule has 1 aliphatic rings. The second kappa shape index (κ2) is 4.24. The van der Waals surface area contributed by atoms with Gasteiger partial charge in [0.15, 0.2) is 4.77 Å². The Labute approximate surface area is 97.9 Å². The van der Waals surface area contributed by atoms with Gasteiger partial charge in [-0.05, 0) is 32.0 Å². The molecule has 1 aromatic rings. The first-order valence-corrected chi connectivity index (χ1v) is 5.97. The zero-order valence-electron chi connectivity index (χ0n) is 9.17. The molecule has 1 fully saturated rings. The first-order valence-electron chi connectivity index (χ1n) is 5.56. The van der Waals surface area contributed by atoms with E-state index in [9.17, 15) is 8.78 Å². The zero-order chi connectivity index (χ0) is 11.8. The summed E-state index contributed by atoms with van der Waals surface area (Å²) in [5, 5.41) is 6.89. The highest BCUT2D eigenvalue weighted by atomic mass is 32.1. The molecule has 90 valence electrons. The summed E-state index contributed by atoms with van der Waals surface area (Å²) < 4.78 is 28.5. The standard InChI is InChI=1S/C10H15F2N3S/c1-2-15-8(13-14-9(15)16)7-3-5-10(11,12)6-4-7/h7H,2-6H2,1H3,(H,14,16). The van der Waals surface area contributed by atoms with E-state index in [1.807, 2.05) is 11.5 Å². The van der Waals surface area contributed by atoms with Crippen LogP contribution < -0.4 is 0 Å². The lowest BCUT2D eigenvalue weighted by molar-refractivity contribution is -0.0390. The molecular formula is C10H15F2N3S. The van der Waals surface area contributed by atoms with Gasteiger partial charge in [-0.25, -0.2) is 8.78 Å². The Morgan fingerprint density at radius 2 is 2.12 bits per heavy atom. The summed E-state index contributed by atoms with van der Waals surface area (Å²) in [5.41, 5.74) is 0. The van der Waals surface area contributed by atoms with E-state index in [-0.39, 0.29) is 18.8 Å². The molecule has 6 heteroatoms. The SMILES string of the molecule is CCn1c(C2CCC(F)(F)CC2)n[nH]c1=S. The average molecular weight is 247 g/mol. The van der Waals surface area contributed by atoms with Crippen molar-refractivity contribution in [1.82, 2.24) is 14.8 Å². The van der Waals surface area contributed by atoms with Crippen LogP contribution in [-0.4, -0.2) is 20.7 Å². The number of hydrogen-bond acceptors (Lipinski definition) is 2. The lowest BCUT2D eigenvalue weighted by Gasteiger charge is -2.27. The van der Waals surface area contributed by atoms with E-state index in [2.05, 4.69) is 10.2 Å². The van der Waals surface area contributed by atoms with Crippen LogP contribution in [0.1, 0.15) is 44.3 Å². The minimum absolute atomic E-state index is 0.0407. The molecule has 0 atom stereocenters. The molecule has 1 aromatic heterocycles. The minimum Gasteiger partial charge on any atom is -0.304 e. The third-order valence-corrected chi connectivity index (χ3v) is 3.50. The van der Waals surface area contributed by atoms with Crippen molar-refractivity contribution in [2.24, 2.45) is 0 Å². The van der Waals surface area contributed by atoms with Crippen molar-refractivity contribution in [2.75, 3.05) is 0 Å². The van der Waals surface area contributed by atoms with E-state index in [1.54, 1.807) is 0 Å². The van der Waals surface area contributed by atoms with E-state index in [4.69, 9.17) is 12.2 Å². The normalized spacial score (nSPS) is 21.2. The maximum Gasteiger partial charge on any atom is 0.248 e. The largest absolute Gasteiger partial charge is 0.304 e. The fourth-order valence-electron chi connectivity index (χ4n) is 2.25. The molecule has 2 rings (SSSR count). The van der Waals surface area contributed by atoms with Crippen LogP contribution in [0.3, 0.4) is 0 Å². The molecule has 0 spiro atoms. The Morgan fingerprint density at radius 1 is 1.50 bits per heavy atom. The van der Waals surface area contributed by atoms with Crippen LogP contribution in [0.5, 0.6) is 0 Å². The lowest BCUT2D eigenvalue weighted by Crippen LogP contribution is -2.25. The molecule has 1 N–H and O–H groups in total. The van der Waals surface area contributed by atoms with Gasteiger partial charge in [-0.3, -0.25) is 5.10 Å². The van der Waals surface area contributed by atoms with Crippen LogP contribution in [0.2, 0.25) is 0 Å². The van der Waals surface area contributed by atoms with Gasteiger partial charge in [-0.1, -0.05) is 0 Å². The Bertz CT molecular complexity index is 414. The van der Waals surface area contributed by atoms with E-state index >= 15 is 0 Å². The number of hydrogen-bond donors (Lipinski definition) is 1. The quantitative estimate of drug-likeness (QED) is 0.814. The van der Waals surface area contributed by atoms with Crippen molar-refractivity contribution >= 4 is 12.2 Å². The molecule has 1 saturated carbocycles. The fourth-order valence-corrected chi connectivity index (χ4v) is 2.51. The first kappa shape index (κ1) is 11.7. The average Bonchev–Trinajstić information content (AvgIpc) is 2.59. The number of H-pyrrole nitrogens is 1. The molecule has 16 heavy (non-hydrogen) atoms. The predicted molar refractivity (Wildman–Crippen MR) is 59.2 cm³/mol. The molecule has 0 unspecified atom stereocenters. The van der Waals surface area contributed by atoms with Gasteiger partial charge in [0, 0.05) is 25.3 Å². The molecule has 1 aliphatic carbocycles. The van der Waals surface area contributed by atoms with Gasteiger partial charge in [0.25, 0.3) is 0 Å². The van der Waals surface area contributed by atoms with Gasteiger partial charge < -0.3 is 4.57 Å². The van der Waals surface area contributed by atoms with Gasteiger partial charge in [-0.2, -0.15) is 5.10 Å². The molecule has 1 heterocycles. The molecular weight excluding hydrogens is 232 g/mol. The summed E-state index contributed by atoms with van der Waals surface area (Å²) >= 11 is 5.08. The van der Waals surface area contributed by atoms with Crippen molar-refractivity contribution in [3.8, 4) is 0 Å². The monoisotopic (exact) mass is 247 g/mol. The maximum atomic E-state index is 13.0. The van der Waals surface area contributed by atoms with Crippen LogP contribution in [0.25, 0.3) is 0 Å². The van der Waals surface area contributed by atoms with Gasteiger partial charge in [-0.15, -0.1) is 0 Å². The summed E-state index contributed by atoms with van der Waals surface area (Å²) in [7, 11) is 0. The van der Waals surface area contributed by atoms with Gasteiger partial charge in [0.05, 0.1) is 0 Å². The summed E-state index contributed by atoms with van der Waals surface area (Å²) in [6.45, 7) is 2.71. The van der Waals surface area contributed by atoms with E-state index in [0.717, 1.165) is 12.4 Å². The number of nitrogens with zero attached hydrogens (tertiary/aromatic N) is 2. The van der Waals surface area contributed by atoms with Gasteiger partial charge in [0.2, 0.25) is 5.92 Å².